The minimum absolute atomic E-state index is 0.0238. The first kappa shape index (κ1) is 15.9. The monoisotopic (exact) mass is 365 g/mol. The number of benzene rings is 2. The molecule has 8 nitrogen and oxygen atoms in total. The Kier molecular flexibility index (Phi) is 4.12. The molecule has 0 unspecified atom stereocenters. The third-order valence-corrected chi connectivity index (χ3v) is 4.25. The summed E-state index contributed by atoms with van der Waals surface area (Å²) in [6.07, 6.45) is 2.80. The highest BCUT2D eigenvalue weighted by Crippen LogP contribution is 2.36. The topological polar surface area (TPSA) is 103 Å². The van der Waals surface area contributed by atoms with Crippen molar-refractivity contribution in [3.63, 3.8) is 0 Å². The Morgan fingerprint density at radius 3 is 2.69 bits per heavy atom. The zero-order valence-electron chi connectivity index (χ0n) is 13.2. The van der Waals surface area contributed by atoms with Crippen LogP contribution >= 0.6 is 11.3 Å². The molecule has 0 saturated heterocycles. The van der Waals surface area contributed by atoms with Gasteiger partial charge in [0.2, 0.25) is 5.82 Å². The van der Waals surface area contributed by atoms with Crippen LogP contribution < -0.4 is 10.1 Å². The molecular weight excluding hydrogens is 354 g/mol. The van der Waals surface area contributed by atoms with Crippen molar-refractivity contribution in [3.8, 4) is 11.6 Å². The highest BCUT2D eigenvalue weighted by molar-refractivity contribution is 7.13. The molecule has 0 aliphatic rings. The first-order valence-electron chi connectivity index (χ1n) is 7.53. The number of fused-ring (bicyclic) bond motifs is 1. The molecule has 26 heavy (non-hydrogen) atoms. The molecule has 0 aliphatic carbocycles. The second kappa shape index (κ2) is 6.73. The van der Waals surface area contributed by atoms with Crippen LogP contribution in [-0.4, -0.2) is 19.9 Å². The molecule has 128 valence electrons. The lowest BCUT2D eigenvalue weighted by Crippen LogP contribution is -2.03. The van der Waals surface area contributed by atoms with E-state index < -0.39 is 4.92 Å². The minimum Gasteiger partial charge on any atom is -0.434 e. The van der Waals surface area contributed by atoms with Gasteiger partial charge in [0.25, 0.3) is 0 Å². The molecule has 4 rings (SSSR count). The molecule has 1 N–H and O–H groups in total. The van der Waals surface area contributed by atoms with E-state index in [4.69, 9.17) is 4.74 Å². The highest BCUT2D eigenvalue weighted by Gasteiger charge is 2.25. The molecule has 0 atom stereocenters. The number of nitro groups is 1. The number of ether oxygens (including phenoxy) is 1. The van der Waals surface area contributed by atoms with Crippen molar-refractivity contribution in [1.82, 2.24) is 15.0 Å². The number of nitrogens with zero attached hydrogens (tertiary/aromatic N) is 4. The van der Waals surface area contributed by atoms with Crippen LogP contribution in [0.15, 0.2) is 60.4 Å². The minimum atomic E-state index is -0.577. The number of hydrogen-bond donors (Lipinski definition) is 1. The molecular formula is C17H11N5O3S. The van der Waals surface area contributed by atoms with Crippen LogP contribution in [0.4, 0.5) is 16.6 Å². The fraction of sp³-hybridized carbons (Fsp3) is 0. The van der Waals surface area contributed by atoms with Crippen molar-refractivity contribution >= 4 is 38.7 Å². The van der Waals surface area contributed by atoms with Gasteiger partial charge in [-0.3, -0.25) is 10.1 Å². The Labute approximate surface area is 151 Å². The molecule has 0 bridgehead atoms. The fourth-order valence-electron chi connectivity index (χ4n) is 2.42. The Hall–Kier alpha value is -3.59. The van der Waals surface area contributed by atoms with Crippen molar-refractivity contribution < 1.29 is 9.66 Å². The molecule has 4 aromatic rings. The lowest BCUT2D eigenvalue weighted by atomic mass is 10.1. The Morgan fingerprint density at radius 2 is 1.92 bits per heavy atom. The van der Waals surface area contributed by atoms with Gasteiger partial charge in [0.05, 0.1) is 4.92 Å². The summed E-state index contributed by atoms with van der Waals surface area (Å²) >= 11 is 1.30. The molecule has 0 aliphatic heterocycles. The third-order valence-electron chi connectivity index (χ3n) is 3.56. The standard InChI is InChI=1S/C17H11N5O3S/c23-22(24)14-15(21-17-18-7-8-26-17)19-10-20-16(14)25-13-6-5-11-3-1-2-4-12(11)9-13/h1-10H,(H,18,19,20,21). The largest absolute Gasteiger partial charge is 0.434 e. The van der Waals surface area contributed by atoms with Crippen molar-refractivity contribution in [3.05, 3.63) is 70.5 Å². The molecule has 2 heterocycles. The summed E-state index contributed by atoms with van der Waals surface area (Å²) < 4.78 is 5.69. The molecule has 0 spiro atoms. The maximum absolute atomic E-state index is 11.6. The van der Waals surface area contributed by atoms with Gasteiger partial charge in [-0.25, -0.2) is 9.97 Å². The summed E-state index contributed by atoms with van der Waals surface area (Å²) in [4.78, 5) is 22.9. The summed E-state index contributed by atoms with van der Waals surface area (Å²) in [7, 11) is 0. The van der Waals surface area contributed by atoms with Gasteiger partial charge >= 0.3 is 11.6 Å². The highest BCUT2D eigenvalue weighted by atomic mass is 32.1. The van der Waals surface area contributed by atoms with E-state index in [1.165, 1.54) is 17.7 Å². The van der Waals surface area contributed by atoms with Gasteiger partial charge < -0.3 is 10.1 Å². The van der Waals surface area contributed by atoms with E-state index in [0.29, 0.717) is 10.9 Å². The molecule has 0 fully saturated rings. The van der Waals surface area contributed by atoms with Crippen LogP contribution in [0.1, 0.15) is 0 Å². The maximum Gasteiger partial charge on any atom is 0.373 e. The number of thiazole rings is 1. The number of hydrogen-bond acceptors (Lipinski definition) is 8. The summed E-state index contributed by atoms with van der Waals surface area (Å²) in [5.41, 5.74) is -0.351. The van der Waals surface area contributed by atoms with E-state index in [1.54, 1.807) is 23.7 Å². The molecule has 2 aromatic heterocycles. The summed E-state index contributed by atoms with van der Waals surface area (Å²) in [6.45, 7) is 0. The van der Waals surface area contributed by atoms with Crippen molar-refractivity contribution in [2.45, 2.75) is 0 Å². The van der Waals surface area contributed by atoms with Gasteiger partial charge in [-0.1, -0.05) is 30.3 Å². The summed E-state index contributed by atoms with van der Waals surface area (Å²) in [6, 6.07) is 13.2. The van der Waals surface area contributed by atoms with Gasteiger partial charge in [-0.2, -0.15) is 4.98 Å². The molecule has 0 radical (unpaired) electrons. The number of nitrogens with one attached hydrogen (secondary N) is 1. The Balaban J connectivity index is 1.71. The van der Waals surface area contributed by atoms with Crippen molar-refractivity contribution in [2.24, 2.45) is 0 Å². The zero-order valence-corrected chi connectivity index (χ0v) is 14.0. The predicted octanol–water partition coefficient (Wildman–Crippen LogP) is 4.53. The number of anilines is 2. The SMILES string of the molecule is O=[N+]([O-])c1c(Nc2nccs2)ncnc1Oc1ccc2ccccc2c1. The van der Waals surface area contributed by atoms with Crippen LogP contribution in [0.3, 0.4) is 0 Å². The smallest absolute Gasteiger partial charge is 0.373 e. The van der Waals surface area contributed by atoms with E-state index in [2.05, 4.69) is 20.3 Å². The second-order valence-electron chi connectivity index (χ2n) is 5.21. The zero-order chi connectivity index (χ0) is 17.9. The van der Waals surface area contributed by atoms with Crippen molar-refractivity contribution in [1.29, 1.82) is 0 Å². The molecule has 0 amide bonds. The molecule has 9 heteroatoms. The average molecular weight is 365 g/mol. The molecule has 0 saturated carbocycles. The Bertz CT molecular complexity index is 1080. The van der Waals surface area contributed by atoms with Gasteiger partial charge in [-0.05, 0) is 22.9 Å². The molecule has 2 aromatic carbocycles. The first-order valence-corrected chi connectivity index (χ1v) is 8.41. The number of rotatable bonds is 5. The van der Waals surface area contributed by atoms with Gasteiger partial charge in [0.15, 0.2) is 5.13 Å². The quantitative estimate of drug-likeness (QED) is 0.409. The lowest BCUT2D eigenvalue weighted by Gasteiger charge is -2.08. The second-order valence-corrected chi connectivity index (χ2v) is 6.10. The van der Waals surface area contributed by atoms with Gasteiger partial charge in [0.1, 0.15) is 12.1 Å². The van der Waals surface area contributed by atoms with Crippen LogP contribution in [0.5, 0.6) is 11.6 Å². The lowest BCUT2D eigenvalue weighted by molar-refractivity contribution is -0.385. The maximum atomic E-state index is 11.6. The normalized spacial score (nSPS) is 10.6. The fourth-order valence-corrected chi connectivity index (χ4v) is 2.95. The first-order chi connectivity index (χ1) is 12.7. The van der Waals surface area contributed by atoms with E-state index in [0.717, 1.165) is 10.8 Å². The summed E-state index contributed by atoms with van der Waals surface area (Å²) in [5.74, 6) is 0.334. The Morgan fingerprint density at radius 1 is 1.08 bits per heavy atom. The van der Waals surface area contributed by atoms with Crippen LogP contribution in [0.2, 0.25) is 0 Å². The third kappa shape index (κ3) is 3.15. The van der Waals surface area contributed by atoms with Crippen molar-refractivity contribution in [2.75, 3.05) is 5.32 Å². The van der Waals surface area contributed by atoms with Crippen LogP contribution in [0, 0.1) is 10.1 Å². The van der Waals surface area contributed by atoms with Crippen LogP contribution in [0.25, 0.3) is 10.8 Å². The van der Waals surface area contributed by atoms with E-state index in [9.17, 15) is 10.1 Å². The predicted molar refractivity (Wildman–Crippen MR) is 98.1 cm³/mol. The number of aromatic nitrogens is 3. The van der Waals surface area contributed by atoms with Gasteiger partial charge in [-0.15, -0.1) is 11.3 Å². The van der Waals surface area contributed by atoms with E-state index in [1.807, 2.05) is 30.3 Å². The van der Waals surface area contributed by atoms with Crippen LogP contribution in [-0.2, 0) is 0 Å². The van der Waals surface area contributed by atoms with Gasteiger partial charge in [0, 0.05) is 11.6 Å². The van der Waals surface area contributed by atoms with E-state index in [-0.39, 0.29) is 17.4 Å². The van der Waals surface area contributed by atoms with E-state index >= 15 is 0 Å². The summed E-state index contributed by atoms with van der Waals surface area (Å²) in [5, 5.41) is 18.6. The average Bonchev–Trinajstić information content (AvgIpc) is 3.14.